The van der Waals surface area contributed by atoms with Gasteiger partial charge in [-0.05, 0) is 0 Å². The molecule has 0 N–H and O–H groups in total. The molecule has 0 aromatic carbocycles. The van der Waals surface area contributed by atoms with Gasteiger partial charge in [0.25, 0.3) is 0 Å². The molecule has 0 amide bonds. The van der Waals surface area contributed by atoms with Gasteiger partial charge in [0.1, 0.15) is 0 Å². The maximum absolute atomic E-state index is 0. The van der Waals surface area contributed by atoms with E-state index in [1.807, 2.05) is 0 Å². The third-order valence-corrected chi connectivity index (χ3v) is 0. The van der Waals surface area contributed by atoms with Crippen molar-refractivity contribution >= 4 is 9.90 Å². The normalized spacial score (nSPS) is 0. The first-order valence-electron chi connectivity index (χ1n) is 0. The van der Waals surface area contributed by atoms with Crippen LogP contribution in [-0.4, -0.2) is 0 Å². The van der Waals surface area contributed by atoms with Crippen LogP contribution >= 0.6 is 9.90 Å². The minimum absolute atomic E-state index is 0. The van der Waals surface area contributed by atoms with Gasteiger partial charge in [0.2, 0.25) is 0 Å². The molecule has 0 fully saturated rings. The summed E-state index contributed by atoms with van der Waals surface area (Å²) in [6.07, 6.45) is 0. The molecule has 0 aliphatic heterocycles. The van der Waals surface area contributed by atoms with Crippen LogP contribution < -0.4 is 0 Å². The monoisotopic (exact) mass is 254 g/mol. The fourth-order valence-electron chi connectivity index (χ4n) is 0. The molecule has 26 valence electrons. The van der Waals surface area contributed by atoms with Crippen molar-refractivity contribution in [3.05, 3.63) is 0 Å². The Morgan fingerprint density at radius 1 is 1.00 bits per heavy atom. The van der Waals surface area contributed by atoms with Gasteiger partial charge in [-0.15, -0.1) is 0 Å². The van der Waals surface area contributed by atoms with E-state index in [1.54, 1.807) is 0 Å². The zero-order valence-electron chi connectivity index (χ0n) is 2.14. The zero-order valence-corrected chi connectivity index (χ0v) is 9.51. The Morgan fingerprint density at radius 2 is 1.00 bits per heavy atom. The van der Waals surface area contributed by atoms with Crippen LogP contribution in [-0.2, 0) is 57.0 Å². The van der Waals surface area contributed by atoms with Crippen molar-refractivity contribution in [2.45, 2.75) is 0 Å². The van der Waals surface area contributed by atoms with Crippen LogP contribution in [0, 0.1) is 0 Å². The maximum atomic E-state index is 0. The SMILES string of the molecule is P.[Mo].[Ni].[Zn]. The van der Waals surface area contributed by atoms with Gasteiger partial charge in [-0.1, -0.05) is 0 Å². The van der Waals surface area contributed by atoms with Crippen LogP contribution in [0.15, 0.2) is 0 Å². The van der Waals surface area contributed by atoms with Crippen molar-refractivity contribution in [3.63, 3.8) is 0 Å². The second-order valence-electron chi connectivity index (χ2n) is 0. The van der Waals surface area contributed by atoms with Crippen molar-refractivity contribution in [2.24, 2.45) is 0 Å². The second kappa shape index (κ2) is 18.8. The van der Waals surface area contributed by atoms with Crippen LogP contribution in [0.3, 0.4) is 0 Å². The van der Waals surface area contributed by atoms with Gasteiger partial charge in [-0.25, -0.2) is 0 Å². The fraction of sp³-hybridized carbons (Fsp3) is 0. The van der Waals surface area contributed by atoms with E-state index in [4.69, 9.17) is 0 Å². The van der Waals surface area contributed by atoms with Crippen LogP contribution in [0.4, 0.5) is 0 Å². The first kappa shape index (κ1) is 34.2. The summed E-state index contributed by atoms with van der Waals surface area (Å²) in [4.78, 5) is 0. The quantitative estimate of drug-likeness (QED) is 0.423. The Bertz CT molecular complexity index is 8.00. The van der Waals surface area contributed by atoms with Gasteiger partial charge < -0.3 is 0 Å². The summed E-state index contributed by atoms with van der Waals surface area (Å²) in [6, 6.07) is 0. The maximum Gasteiger partial charge on any atom is 0 e. The van der Waals surface area contributed by atoms with E-state index in [-0.39, 0.29) is 66.9 Å². The van der Waals surface area contributed by atoms with Crippen molar-refractivity contribution < 1.29 is 57.0 Å². The molecule has 0 aliphatic carbocycles. The molecule has 4 heteroatoms. The number of hydrogen-bond donors (Lipinski definition) is 0. The van der Waals surface area contributed by atoms with Crippen molar-refractivity contribution in [1.82, 2.24) is 0 Å². The number of hydrogen-bond acceptors (Lipinski definition) is 0. The van der Waals surface area contributed by atoms with Crippen LogP contribution in [0.1, 0.15) is 0 Å². The Hall–Kier alpha value is 2.24. The van der Waals surface area contributed by atoms with E-state index < -0.39 is 0 Å². The molecule has 0 heterocycles. The molecule has 1 atom stereocenters. The predicted molar refractivity (Wildman–Crippen MR) is 11.1 cm³/mol. The summed E-state index contributed by atoms with van der Waals surface area (Å²) in [5.41, 5.74) is 0. The molecular formula is H3MoNiPZn. The van der Waals surface area contributed by atoms with Crippen molar-refractivity contribution in [1.29, 1.82) is 0 Å². The van der Waals surface area contributed by atoms with E-state index in [0.717, 1.165) is 0 Å². The van der Waals surface area contributed by atoms with E-state index in [0.29, 0.717) is 0 Å². The number of rotatable bonds is 0. The van der Waals surface area contributed by atoms with E-state index >= 15 is 0 Å². The summed E-state index contributed by atoms with van der Waals surface area (Å²) >= 11 is 0. The Morgan fingerprint density at radius 3 is 1.00 bits per heavy atom. The van der Waals surface area contributed by atoms with Crippen molar-refractivity contribution in [3.8, 4) is 0 Å². The Balaban J connectivity index is 0. The van der Waals surface area contributed by atoms with Crippen LogP contribution in [0.2, 0.25) is 0 Å². The first-order valence-corrected chi connectivity index (χ1v) is 0. The van der Waals surface area contributed by atoms with E-state index in [2.05, 4.69) is 0 Å². The Labute approximate surface area is 66.4 Å². The third kappa shape index (κ3) is 8.87. The standard InChI is InChI=1S/Mo.Ni.H3P.Zn/h;;1H3;. The topological polar surface area (TPSA) is 0 Å². The minimum Gasteiger partial charge on any atom is -0.153 e. The molecule has 0 saturated heterocycles. The van der Waals surface area contributed by atoms with Gasteiger partial charge >= 0.3 is 0 Å². The van der Waals surface area contributed by atoms with Gasteiger partial charge in [-0.3, -0.25) is 0 Å². The zero-order chi connectivity index (χ0) is 0. The Kier molecular flexibility index (Phi) is 161. The third-order valence-electron chi connectivity index (χ3n) is 0. The summed E-state index contributed by atoms with van der Waals surface area (Å²) in [5.74, 6) is 0. The molecule has 0 aromatic rings. The largest absolute Gasteiger partial charge is 0.153 e. The molecule has 0 saturated carbocycles. The summed E-state index contributed by atoms with van der Waals surface area (Å²) in [5, 5.41) is 0. The molecule has 0 aromatic heterocycles. The molecule has 0 nitrogen and oxygen atoms in total. The van der Waals surface area contributed by atoms with Gasteiger partial charge in [-0.2, -0.15) is 9.90 Å². The van der Waals surface area contributed by atoms with Gasteiger partial charge in [0.05, 0.1) is 0 Å². The minimum atomic E-state index is 0. The first-order chi connectivity index (χ1) is 0. The summed E-state index contributed by atoms with van der Waals surface area (Å²) < 4.78 is 0. The summed E-state index contributed by atoms with van der Waals surface area (Å²) in [6.45, 7) is 0. The predicted octanol–water partition coefficient (Wildman–Crippen LogP) is 0.0506. The van der Waals surface area contributed by atoms with E-state index in [9.17, 15) is 0 Å². The average molecular weight is 254 g/mol. The molecule has 0 aliphatic rings. The molecule has 4 heavy (non-hydrogen) atoms. The molecule has 0 rings (SSSR count). The van der Waals surface area contributed by atoms with Gasteiger partial charge in [0, 0.05) is 57.0 Å². The van der Waals surface area contributed by atoms with Crippen LogP contribution in [0.25, 0.3) is 0 Å². The second-order valence-corrected chi connectivity index (χ2v) is 0. The molecule has 1 unspecified atom stereocenters. The molecule has 0 bridgehead atoms. The van der Waals surface area contributed by atoms with Gasteiger partial charge in [0.15, 0.2) is 0 Å². The average Bonchev–Trinajstić information content (AvgIpc) is 0. The molecule has 0 radical (unpaired) electrons. The summed E-state index contributed by atoms with van der Waals surface area (Å²) in [7, 11) is 0. The fourth-order valence-corrected chi connectivity index (χ4v) is 0. The van der Waals surface area contributed by atoms with Crippen molar-refractivity contribution in [2.75, 3.05) is 0 Å². The molecular weight excluding hydrogens is 251 g/mol. The molecule has 0 spiro atoms. The van der Waals surface area contributed by atoms with Crippen LogP contribution in [0.5, 0.6) is 0 Å². The smallest absolute Gasteiger partial charge is 0 e. The van der Waals surface area contributed by atoms with E-state index in [1.165, 1.54) is 0 Å².